The highest BCUT2D eigenvalue weighted by Crippen LogP contribution is 2.51. The van der Waals surface area contributed by atoms with Crippen LogP contribution in [0.15, 0.2) is 65.7 Å². The van der Waals surface area contributed by atoms with Crippen LogP contribution in [-0.4, -0.2) is 59.2 Å². The molecule has 0 amide bonds. The van der Waals surface area contributed by atoms with Gasteiger partial charge in [-0.3, -0.25) is 9.89 Å². The van der Waals surface area contributed by atoms with E-state index in [9.17, 15) is 0 Å². The van der Waals surface area contributed by atoms with Crippen molar-refractivity contribution in [2.75, 3.05) is 48.6 Å². The fourth-order valence-electron chi connectivity index (χ4n) is 6.75. The molecule has 0 aromatic heterocycles. The van der Waals surface area contributed by atoms with Gasteiger partial charge in [-0.2, -0.15) is 0 Å². The van der Waals surface area contributed by atoms with Crippen LogP contribution < -0.4 is 28.4 Å². The van der Waals surface area contributed by atoms with Crippen molar-refractivity contribution in [3.8, 4) is 46.0 Å². The lowest BCUT2D eigenvalue weighted by Gasteiger charge is -2.37. The number of likely N-dealkylation sites (N-methyl/N-ethyl adjacent to an activating group) is 1. The van der Waals surface area contributed by atoms with E-state index in [1.54, 1.807) is 28.4 Å². The number of hydrogen-bond donors (Lipinski definition) is 0. The molecule has 0 N–H and O–H groups in total. The van der Waals surface area contributed by atoms with Crippen LogP contribution in [0.25, 0.3) is 0 Å². The first kappa shape index (κ1) is 29.0. The minimum absolute atomic E-state index is 0.00599. The summed E-state index contributed by atoms with van der Waals surface area (Å²) in [7, 11) is 8.83. The molecule has 6 heterocycles. The van der Waals surface area contributed by atoms with E-state index >= 15 is 0 Å². The molecule has 6 aliphatic heterocycles. The Morgan fingerprint density at radius 2 is 1.49 bits per heavy atom. The molecule has 0 saturated heterocycles. The summed E-state index contributed by atoms with van der Waals surface area (Å²) >= 11 is 0. The lowest BCUT2D eigenvalue weighted by Crippen LogP contribution is -2.34. The monoisotopic (exact) mass is 606 g/mol. The highest BCUT2D eigenvalue weighted by Gasteiger charge is 2.34. The van der Waals surface area contributed by atoms with Gasteiger partial charge < -0.3 is 28.4 Å². The molecule has 8 nitrogen and oxygen atoms in total. The van der Waals surface area contributed by atoms with E-state index in [1.165, 1.54) is 11.1 Å². The Morgan fingerprint density at radius 3 is 2.24 bits per heavy atom. The van der Waals surface area contributed by atoms with Gasteiger partial charge in [0.15, 0.2) is 34.5 Å². The van der Waals surface area contributed by atoms with Crippen molar-refractivity contribution in [3.63, 3.8) is 0 Å². The summed E-state index contributed by atoms with van der Waals surface area (Å²) in [6, 6.07) is 20.6. The van der Waals surface area contributed by atoms with Crippen molar-refractivity contribution in [1.29, 1.82) is 0 Å². The van der Waals surface area contributed by atoms with E-state index in [0.717, 1.165) is 66.1 Å². The number of benzene rings is 4. The maximum Gasteiger partial charge on any atom is 0.204 e. The summed E-state index contributed by atoms with van der Waals surface area (Å²) < 4.78 is 36.8. The lowest BCUT2D eigenvalue weighted by atomic mass is 9.87. The smallest absolute Gasteiger partial charge is 0.204 e. The predicted octanol–water partition coefficient (Wildman–Crippen LogP) is 6.98. The van der Waals surface area contributed by atoms with Gasteiger partial charge in [0.1, 0.15) is 5.75 Å². The molecule has 0 saturated carbocycles. The third kappa shape index (κ3) is 5.33. The molecule has 0 aliphatic carbocycles. The summed E-state index contributed by atoms with van der Waals surface area (Å²) in [5, 5.41) is 0. The van der Waals surface area contributed by atoms with Crippen LogP contribution in [0.2, 0.25) is 0 Å². The molecule has 232 valence electrons. The number of hydrogen-bond acceptors (Lipinski definition) is 8. The van der Waals surface area contributed by atoms with Crippen molar-refractivity contribution in [3.05, 3.63) is 94.0 Å². The number of ether oxygens (including phenoxy) is 6. The van der Waals surface area contributed by atoms with E-state index in [2.05, 4.69) is 54.4 Å². The number of nitrogens with zero attached hydrogens (tertiary/aromatic N) is 2. The fourth-order valence-corrected chi connectivity index (χ4v) is 6.75. The van der Waals surface area contributed by atoms with Crippen molar-refractivity contribution < 1.29 is 28.4 Å². The van der Waals surface area contributed by atoms with Crippen LogP contribution in [0.3, 0.4) is 0 Å². The first-order chi connectivity index (χ1) is 22.0. The summed E-state index contributed by atoms with van der Waals surface area (Å²) in [5.74, 6) is 5.23. The van der Waals surface area contributed by atoms with Crippen LogP contribution in [0.4, 0.5) is 0 Å². The molecule has 0 spiro atoms. The molecule has 4 aromatic rings. The van der Waals surface area contributed by atoms with Gasteiger partial charge in [-0.1, -0.05) is 18.2 Å². The Hall–Kier alpha value is -4.69. The third-order valence-electron chi connectivity index (χ3n) is 9.13. The van der Waals surface area contributed by atoms with E-state index in [1.807, 2.05) is 18.2 Å². The molecule has 8 bridgehead atoms. The van der Waals surface area contributed by atoms with Crippen LogP contribution in [0.5, 0.6) is 46.0 Å². The lowest BCUT2D eigenvalue weighted by molar-refractivity contribution is 0.221. The van der Waals surface area contributed by atoms with E-state index in [-0.39, 0.29) is 6.04 Å². The number of rotatable bonds is 4. The molecule has 8 heteroatoms. The second kappa shape index (κ2) is 12.0. The molecule has 1 atom stereocenters. The average molecular weight is 607 g/mol. The van der Waals surface area contributed by atoms with E-state index in [4.69, 9.17) is 33.4 Å². The first-order valence-electron chi connectivity index (χ1n) is 15.3. The maximum absolute atomic E-state index is 6.93. The van der Waals surface area contributed by atoms with Gasteiger partial charge >= 0.3 is 0 Å². The normalized spacial score (nSPS) is 17.1. The Morgan fingerprint density at radius 1 is 0.733 bits per heavy atom. The molecule has 0 radical (unpaired) electrons. The van der Waals surface area contributed by atoms with Crippen molar-refractivity contribution >= 4 is 5.71 Å². The molecule has 4 aromatic carbocycles. The van der Waals surface area contributed by atoms with Crippen LogP contribution in [0.1, 0.15) is 39.4 Å². The summed E-state index contributed by atoms with van der Waals surface area (Å²) in [6.45, 7) is 1.61. The standard InChI is InChI=1S/C37H38N2O6/c1-39-15-13-25-20-34(42-4)36(43-5)37-35(25)29(39)17-23-8-11-30(40-2)32(18-23)44-26-9-6-22(7-10-26)16-28-27-21-31(41-3)33(45-37)19-24(27)12-14-38-28/h6-11,18-21,29H,12-17H2,1-5H3/t29-/m1/s1. The van der Waals surface area contributed by atoms with Gasteiger partial charge in [0.25, 0.3) is 0 Å². The van der Waals surface area contributed by atoms with E-state index < -0.39 is 0 Å². The van der Waals surface area contributed by atoms with Crippen LogP contribution >= 0.6 is 0 Å². The predicted molar refractivity (Wildman–Crippen MR) is 174 cm³/mol. The molecule has 10 rings (SSSR count). The van der Waals surface area contributed by atoms with E-state index in [0.29, 0.717) is 46.7 Å². The third-order valence-corrected chi connectivity index (χ3v) is 9.13. The average Bonchev–Trinajstić information content (AvgIpc) is 3.06. The largest absolute Gasteiger partial charge is 0.493 e. The quantitative estimate of drug-likeness (QED) is 0.248. The maximum atomic E-state index is 6.93. The summed E-state index contributed by atoms with van der Waals surface area (Å²) in [6.07, 6.45) is 3.09. The van der Waals surface area contributed by atoms with Crippen molar-refractivity contribution in [1.82, 2.24) is 4.90 Å². The summed E-state index contributed by atoms with van der Waals surface area (Å²) in [4.78, 5) is 7.31. The minimum Gasteiger partial charge on any atom is -0.493 e. The SMILES string of the molecule is COc1ccc2cc1Oc1ccc(cc1)CC1=NCCc3cc(c(OC)cc31)Oc1c(OC)c(OC)cc3c1[C@@H](C2)N(C)CC3. The van der Waals surface area contributed by atoms with Gasteiger partial charge in [0.2, 0.25) is 5.75 Å². The fraction of sp³-hybridized carbons (Fsp3) is 0.324. The highest BCUT2D eigenvalue weighted by atomic mass is 16.5. The zero-order valence-corrected chi connectivity index (χ0v) is 26.4. The molecular formula is C37H38N2O6. The molecular weight excluding hydrogens is 568 g/mol. The Kier molecular flexibility index (Phi) is 7.75. The first-order valence-corrected chi connectivity index (χ1v) is 15.3. The van der Waals surface area contributed by atoms with Crippen molar-refractivity contribution in [2.45, 2.75) is 31.7 Å². The highest BCUT2D eigenvalue weighted by molar-refractivity contribution is 6.04. The zero-order chi connectivity index (χ0) is 31.1. The Labute approximate surface area is 264 Å². The number of aliphatic imine (C=N–C) groups is 1. The van der Waals surface area contributed by atoms with Crippen LogP contribution in [0, 0.1) is 0 Å². The molecule has 0 fully saturated rings. The second-order valence-corrected chi connectivity index (χ2v) is 11.7. The number of methoxy groups -OCH3 is 4. The molecule has 45 heavy (non-hydrogen) atoms. The van der Waals surface area contributed by atoms with Gasteiger partial charge in [0.05, 0.1) is 28.4 Å². The minimum atomic E-state index is -0.00599. The van der Waals surface area contributed by atoms with Gasteiger partial charge in [-0.05, 0) is 91.0 Å². The molecule has 6 aliphatic rings. The summed E-state index contributed by atoms with van der Waals surface area (Å²) in [5.41, 5.74) is 7.81. The van der Waals surface area contributed by atoms with Crippen LogP contribution in [-0.2, 0) is 25.7 Å². The topological polar surface area (TPSA) is 71.0 Å². The van der Waals surface area contributed by atoms with Crippen molar-refractivity contribution in [2.24, 2.45) is 4.99 Å². The Bertz CT molecular complexity index is 1780. The second-order valence-electron chi connectivity index (χ2n) is 11.7. The van der Waals surface area contributed by atoms with Gasteiger partial charge in [-0.25, -0.2) is 0 Å². The van der Waals surface area contributed by atoms with Gasteiger partial charge in [-0.15, -0.1) is 0 Å². The molecule has 0 unspecified atom stereocenters. The Balaban J connectivity index is 1.46. The van der Waals surface area contributed by atoms with Gasteiger partial charge in [0, 0.05) is 42.4 Å². The zero-order valence-electron chi connectivity index (χ0n) is 26.4.